The molecule has 88 valence electrons. The van der Waals surface area contributed by atoms with Crippen molar-refractivity contribution in [2.75, 3.05) is 13.1 Å². The van der Waals surface area contributed by atoms with E-state index in [-0.39, 0.29) is 0 Å². The van der Waals surface area contributed by atoms with E-state index < -0.39 is 0 Å². The van der Waals surface area contributed by atoms with Crippen LogP contribution in [0.3, 0.4) is 0 Å². The summed E-state index contributed by atoms with van der Waals surface area (Å²) in [7, 11) is 0. The normalized spacial score (nSPS) is 35.6. The van der Waals surface area contributed by atoms with Gasteiger partial charge in [0.1, 0.15) is 0 Å². The van der Waals surface area contributed by atoms with E-state index in [4.69, 9.17) is 10.8 Å². The highest BCUT2D eigenvalue weighted by molar-refractivity contribution is 4.81. The van der Waals surface area contributed by atoms with Gasteiger partial charge in [0.2, 0.25) is 0 Å². The second-order valence-electron chi connectivity index (χ2n) is 5.45. The lowest BCUT2D eigenvalue weighted by Gasteiger charge is -2.39. The highest BCUT2D eigenvalue weighted by atomic mass is 16.8. The molecule has 0 radical (unpaired) electrons. The number of hydroxylamine groups is 2. The molecule has 2 N–H and O–H groups in total. The molecule has 1 aliphatic carbocycles. The lowest BCUT2D eigenvalue weighted by molar-refractivity contribution is -0.196. The molecule has 1 heterocycles. The molecular weight excluding hydrogens is 188 g/mol. The van der Waals surface area contributed by atoms with Crippen LogP contribution in [-0.4, -0.2) is 18.2 Å². The average Bonchev–Trinajstić information content (AvgIpc) is 2.29. The molecule has 1 saturated carbocycles. The molecule has 0 amide bonds. The summed E-state index contributed by atoms with van der Waals surface area (Å²) in [5.74, 6) is 7.76. The van der Waals surface area contributed by atoms with E-state index >= 15 is 0 Å². The van der Waals surface area contributed by atoms with Crippen molar-refractivity contribution < 1.29 is 4.94 Å². The van der Waals surface area contributed by atoms with Crippen LogP contribution < -0.4 is 5.90 Å². The maximum Gasteiger partial charge on any atom is 0.0290 e. The van der Waals surface area contributed by atoms with Crippen LogP contribution in [0.2, 0.25) is 0 Å². The van der Waals surface area contributed by atoms with Gasteiger partial charge in [0.25, 0.3) is 0 Å². The largest absolute Gasteiger partial charge is 0.214 e. The van der Waals surface area contributed by atoms with Crippen LogP contribution in [0.5, 0.6) is 0 Å². The second-order valence-corrected chi connectivity index (χ2v) is 5.45. The van der Waals surface area contributed by atoms with Crippen LogP contribution in [0.15, 0.2) is 0 Å². The third-order valence-corrected chi connectivity index (χ3v) is 4.12. The smallest absolute Gasteiger partial charge is 0.0290 e. The molecule has 1 aliphatic heterocycles. The van der Waals surface area contributed by atoms with Crippen molar-refractivity contribution in [2.45, 2.75) is 45.4 Å². The number of hydrogen-bond acceptors (Lipinski definition) is 3. The number of nitrogens with two attached hydrogens (primary N) is 1. The van der Waals surface area contributed by atoms with Gasteiger partial charge in [0.15, 0.2) is 0 Å². The Labute approximate surface area is 92.9 Å². The first kappa shape index (κ1) is 11.4. The first-order chi connectivity index (χ1) is 7.29. The number of piperidine rings is 1. The first-order valence-corrected chi connectivity index (χ1v) is 6.41. The molecule has 15 heavy (non-hydrogen) atoms. The fourth-order valence-corrected chi connectivity index (χ4v) is 3.38. The minimum atomic E-state index is 0.731. The Bertz CT molecular complexity index is 192. The number of hydrogen-bond donors (Lipinski definition) is 1. The van der Waals surface area contributed by atoms with Crippen molar-refractivity contribution in [1.82, 2.24) is 5.06 Å². The molecule has 2 aliphatic rings. The van der Waals surface area contributed by atoms with E-state index in [2.05, 4.69) is 6.92 Å². The maximum atomic E-state index is 5.28. The molecule has 2 unspecified atom stereocenters. The highest BCUT2D eigenvalue weighted by Gasteiger charge is 2.31. The molecule has 1 saturated heterocycles. The van der Waals surface area contributed by atoms with Gasteiger partial charge >= 0.3 is 0 Å². The van der Waals surface area contributed by atoms with Crippen LogP contribution in [-0.2, 0) is 4.94 Å². The predicted octanol–water partition coefficient (Wildman–Crippen LogP) is 2.33. The van der Waals surface area contributed by atoms with Crippen LogP contribution in [0.25, 0.3) is 0 Å². The van der Waals surface area contributed by atoms with Crippen molar-refractivity contribution in [1.29, 1.82) is 0 Å². The Morgan fingerprint density at radius 2 is 1.80 bits per heavy atom. The Balaban J connectivity index is 1.89. The zero-order valence-corrected chi connectivity index (χ0v) is 9.82. The summed E-state index contributed by atoms with van der Waals surface area (Å²) >= 11 is 0. The molecule has 0 aromatic rings. The van der Waals surface area contributed by atoms with E-state index in [1.54, 1.807) is 0 Å². The molecular formula is C12H24N2O. The van der Waals surface area contributed by atoms with Gasteiger partial charge in [-0.05, 0) is 24.2 Å². The Kier molecular flexibility index (Phi) is 4.00. The fraction of sp³-hybridized carbons (Fsp3) is 1.00. The molecule has 0 aromatic carbocycles. The van der Waals surface area contributed by atoms with Crippen LogP contribution in [0.4, 0.5) is 0 Å². The van der Waals surface area contributed by atoms with Gasteiger partial charge in [0, 0.05) is 13.1 Å². The van der Waals surface area contributed by atoms with Gasteiger partial charge in [-0.15, -0.1) is 0 Å². The zero-order chi connectivity index (χ0) is 10.7. The van der Waals surface area contributed by atoms with E-state index in [9.17, 15) is 0 Å². The summed E-state index contributed by atoms with van der Waals surface area (Å²) < 4.78 is 0. The molecule has 3 nitrogen and oxygen atoms in total. The van der Waals surface area contributed by atoms with Crippen molar-refractivity contribution in [3.8, 4) is 0 Å². The summed E-state index contributed by atoms with van der Waals surface area (Å²) in [4.78, 5) is 4.92. The molecule has 2 atom stereocenters. The highest BCUT2D eigenvalue weighted by Crippen LogP contribution is 2.36. The quantitative estimate of drug-likeness (QED) is 0.714. The van der Waals surface area contributed by atoms with Crippen LogP contribution >= 0.6 is 0 Å². The zero-order valence-electron chi connectivity index (χ0n) is 9.82. The lowest BCUT2D eigenvalue weighted by atomic mass is 9.75. The van der Waals surface area contributed by atoms with Gasteiger partial charge in [-0.3, -0.25) is 0 Å². The van der Waals surface area contributed by atoms with Gasteiger partial charge in [-0.1, -0.05) is 39.0 Å². The molecule has 2 rings (SSSR count). The molecule has 2 fully saturated rings. The topological polar surface area (TPSA) is 38.5 Å². The van der Waals surface area contributed by atoms with E-state index in [0.717, 1.165) is 30.8 Å². The molecule has 0 spiro atoms. The van der Waals surface area contributed by atoms with Crippen molar-refractivity contribution in [2.24, 2.45) is 23.7 Å². The van der Waals surface area contributed by atoms with Crippen LogP contribution in [0.1, 0.15) is 45.4 Å². The van der Waals surface area contributed by atoms with Gasteiger partial charge in [0.05, 0.1) is 0 Å². The van der Waals surface area contributed by atoms with Gasteiger partial charge in [-0.2, -0.15) is 11.0 Å². The fourth-order valence-electron chi connectivity index (χ4n) is 3.38. The third-order valence-electron chi connectivity index (χ3n) is 4.12. The Morgan fingerprint density at radius 1 is 1.07 bits per heavy atom. The van der Waals surface area contributed by atoms with E-state index in [1.165, 1.54) is 38.5 Å². The summed E-state index contributed by atoms with van der Waals surface area (Å²) in [6.07, 6.45) is 8.52. The standard InChI is InChI=1S/C12H24N2O/c1-10-7-12(9-14(8-10)15-13)11-5-3-2-4-6-11/h10-12H,2-9,13H2,1H3. The Morgan fingerprint density at radius 3 is 2.47 bits per heavy atom. The molecule has 0 bridgehead atoms. The summed E-state index contributed by atoms with van der Waals surface area (Å²) in [6, 6.07) is 0. The minimum absolute atomic E-state index is 0.731. The maximum absolute atomic E-state index is 5.28. The average molecular weight is 212 g/mol. The molecule has 0 aromatic heterocycles. The lowest BCUT2D eigenvalue weighted by Crippen LogP contribution is -2.43. The van der Waals surface area contributed by atoms with Gasteiger partial charge in [-0.25, -0.2) is 4.94 Å². The summed E-state index contributed by atoms with van der Waals surface area (Å²) in [6.45, 7) is 4.35. The number of nitrogens with zero attached hydrogens (tertiary/aromatic N) is 1. The van der Waals surface area contributed by atoms with Crippen molar-refractivity contribution in [3.05, 3.63) is 0 Å². The van der Waals surface area contributed by atoms with Crippen molar-refractivity contribution >= 4 is 0 Å². The van der Waals surface area contributed by atoms with Crippen LogP contribution in [0, 0.1) is 17.8 Å². The predicted molar refractivity (Wildman–Crippen MR) is 60.7 cm³/mol. The first-order valence-electron chi connectivity index (χ1n) is 6.41. The van der Waals surface area contributed by atoms with Crippen molar-refractivity contribution in [3.63, 3.8) is 0 Å². The van der Waals surface area contributed by atoms with Gasteiger partial charge < -0.3 is 0 Å². The second kappa shape index (κ2) is 5.28. The summed E-state index contributed by atoms with van der Waals surface area (Å²) in [5.41, 5.74) is 0. The number of rotatable bonds is 2. The monoisotopic (exact) mass is 212 g/mol. The SMILES string of the molecule is CC1CC(C2CCCCC2)CN(ON)C1. The third kappa shape index (κ3) is 2.92. The van der Waals surface area contributed by atoms with E-state index in [0.29, 0.717) is 0 Å². The molecule has 3 heteroatoms. The van der Waals surface area contributed by atoms with E-state index in [1.807, 2.05) is 5.06 Å². The minimum Gasteiger partial charge on any atom is -0.214 e. The summed E-state index contributed by atoms with van der Waals surface area (Å²) in [5, 5.41) is 1.95. The Hall–Kier alpha value is -0.120.